The van der Waals surface area contributed by atoms with Crippen molar-refractivity contribution in [1.82, 2.24) is 5.32 Å². The smallest absolute Gasteiger partial charge is 0.460 e. The number of alkyl halides is 13. The highest BCUT2D eigenvalue weighted by atomic mass is 19.4. The average molecular weight is 589 g/mol. The summed E-state index contributed by atoms with van der Waals surface area (Å²) in [4.78, 5) is 12.6. The molecule has 2 aromatic carbocycles. The van der Waals surface area contributed by atoms with Gasteiger partial charge in [0.1, 0.15) is 11.5 Å². The molecule has 0 saturated carbocycles. The molecule has 1 amide bonds. The number of ether oxygens (including phenoxy) is 2. The van der Waals surface area contributed by atoms with Crippen molar-refractivity contribution in [1.29, 1.82) is 0 Å². The van der Waals surface area contributed by atoms with E-state index in [0.29, 0.717) is 12.1 Å². The average Bonchev–Trinajstić information content (AvgIpc) is 2.85. The van der Waals surface area contributed by atoms with Gasteiger partial charge in [0.2, 0.25) is 0 Å². The lowest BCUT2D eigenvalue weighted by Gasteiger charge is -2.40. The molecule has 1 N–H and O–H groups in total. The van der Waals surface area contributed by atoms with Crippen molar-refractivity contribution in [3.05, 3.63) is 59.2 Å². The predicted molar refractivity (Wildman–Crippen MR) is 107 cm³/mol. The number of benzene rings is 2. The topological polar surface area (TPSA) is 47.6 Å². The molecule has 2 aromatic rings. The van der Waals surface area contributed by atoms with Gasteiger partial charge in [0.25, 0.3) is 5.91 Å². The minimum absolute atomic E-state index is 0.0750. The van der Waals surface area contributed by atoms with Crippen molar-refractivity contribution in [3.63, 3.8) is 0 Å². The zero-order chi connectivity index (χ0) is 30.2. The molecule has 0 aromatic heterocycles. The number of nitrogens with one attached hydrogen (secondary N) is 1. The summed E-state index contributed by atoms with van der Waals surface area (Å²) in [6, 6.07) is 5.69. The van der Waals surface area contributed by atoms with Crippen molar-refractivity contribution in [2.24, 2.45) is 0 Å². The lowest BCUT2D eigenvalue weighted by molar-refractivity contribution is -0.441. The maximum Gasteiger partial charge on any atom is 0.460 e. The third kappa shape index (κ3) is 5.02. The zero-order valence-corrected chi connectivity index (χ0v) is 19.4. The second-order valence-corrected chi connectivity index (χ2v) is 7.74. The Morgan fingerprint density at radius 1 is 0.667 bits per heavy atom. The summed E-state index contributed by atoms with van der Waals surface area (Å²) < 4.78 is 186. The van der Waals surface area contributed by atoms with Crippen LogP contribution in [-0.2, 0) is 12.5 Å². The van der Waals surface area contributed by atoms with Gasteiger partial charge < -0.3 is 14.8 Å². The predicted octanol–water partition coefficient (Wildman–Crippen LogP) is 6.83. The molecule has 4 nitrogen and oxygen atoms in total. The molecule has 0 spiro atoms. The maximum atomic E-state index is 14.8. The Morgan fingerprint density at radius 3 is 1.59 bits per heavy atom. The fourth-order valence-corrected chi connectivity index (χ4v) is 3.26. The van der Waals surface area contributed by atoms with E-state index >= 15 is 0 Å². The fourth-order valence-electron chi connectivity index (χ4n) is 3.26. The molecule has 0 fully saturated rings. The Morgan fingerprint density at radius 2 is 1.13 bits per heavy atom. The van der Waals surface area contributed by atoms with E-state index in [1.54, 1.807) is 0 Å². The molecule has 0 aliphatic carbocycles. The quantitative estimate of drug-likeness (QED) is 0.309. The molecular weight excluding hydrogens is 573 g/mol. The molecule has 0 atom stereocenters. The van der Waals surface area contributed by atoms with Gasteiger partial charge in [-0.15, -0.1) is 0 Å². The highest BCUT2D eigenvalue weighted by Gasteiger charge is 2.91. The lowest BCUT2D eigenvalue weighted by atomic mass is 9.88. The Hall–Kier alpha value is -3.40. The van der Waals surface area contributed by atoms with E-state index in [2.05, 4.69) is 0 Å². The standard InChI is InChI=1S/C22H16F13NO3/c1-38-14-8-5-9-15(39-2)12(14)10-36-16(37)11-6-3-4-7-13(11)17(23,24)18(25,26)19(27,28)20(29,30)21(31,32)22(33,34)35/h3-9H,10H2,1-2H3,(H,36,37). The van der Waals surface area contributed by atoms with Crippen LogP contribution in [-0.4, -0.2) is 50.0 Å². The van der Waals surface area contributed by atoms with Gasteiger partial charge in [0.15, 0.2) is 0 Å². The van der Waals surface area contributed by atoms with Crippen molar-refractivity contribution in [2.75, 3.05) is 14.2 Å². The van der Waals surface area contributed by atoms with E-state index in [0.717, 1.165) is 6.07 Å². The number of carbonyl (C=O) groups excluding carboxylic acids is 1. The van der Waals surface area contributed by atoms with E-state index in [4.69, 9.17) is 9.47 Å². The first-order valence-electron chi connectivity index (χ1n) is 10.2. The molecule has 0 radical (unpaired) electrons. The maximum absolute atomic E-state index is 14.8. The van der Waals surface area contributed by atoms with Crippen molar-refractivity contribution >= 4 is 5.91 Å². The van der Waals surface area contributed by atoms with E-state index in [1.807, 2.05) is 5.32 Å². The van der Waals surface area contributed by atoms with Crippen molar-refractivity contribution in [2.45, 2.75) is 42.3 Å². The number of halogens is 13. The molecule has 0 bridgehead atoms. The first-order valence-corrected chi connectivity index (χ1v) is 10.2. The largest absolute Gasteiger partial charge is 0.496 e. The summed E-state index contributed by atoms with van der Waals surface area (Å²) >= 11 is 0. The van der Waals surface area contributed by atoms with Crippen LogP contribution in [0.2, 0.25) is 0 Å². The van der Waals surface area contributed by atoms with Gasteiger partial charge in [-0.1, -0.05) is 24.3 Å². The van der Waals surface area contributed by atoms with Gasteiger partial charge in [-0.25, -0.2) is 0 Å². The third-order valence-electron chi connectivity index (χ3n) is 5.40. The summed E-state index contributed by atoms with van der Waals surface area (Å²) in [6.07, 6.45) is -7.53. The first kappa shape index (κ1) is 31.8. The minimum atomic E-state index is -8.05. The minimum Gasteiger partial charge on any atom is -0.496 e. The van der Waals surface area contributed by atoms with Gasteiger partial charge in [-0.2, -0.15) is 57.1 Å². The molecule has 0 aliphatic rings. The Bertz CT molecular complexity index is 1170. The summed E-state index contributed by atoms with van der Waals surface area (Å²) in [5, 5.41) is 1.96. The number of carbonyl (C=O) groups is 1. The number of methoxy groups -OCH3 is 2. The third-order valence-corrected chi connectivity index (χ3v) is 5.40. The van der Waals surface area contributed by atoms with Crippen LogP contribution >= 0.6 is 0 Å². The molecule has 2 rings (SSSR count). The molecule has 0 heterocycles. The van der Waals surface area contributed by atoms with E-state index < -0.39 is 59.4 Å². The normalized spacial score (nSPS) is 13.7. The molecule has 218 valence electrons. The van der Waals surface area contributed by atoms with Gasteiger partial charge >= 0.3 is 35.8 Å². The van der Waals surface area contributed by atoms with Crippen LogP contribution in [0.25, 0.3) is 0 Å². The number of hydrogen-bond donors (Lipinski definition) is 1. The Balaban J connectivity index is 2.54. The second kappa shape index (κ2) is 10.3. The van der Waals surface area contributed by atoms with Crippen LogP contribution in [0.5, 0.6) is 11.5 Å². The fraction of sp³-hybridized carbons (Fsp3) is 0.409. The molecule has 0 unspecified atom stereocenters. The Labute approximate surface area is 210 Å². The van der Waals surface area contributed by atoms with Crippen LogP contribution in [0, 0.1) is 0 Å². The highest BCUT2D eigenvalue weighted by molar-refractivity contribution is 5.96. The van der Waals surface area contributed by atoms with Crippen molar-refractivity contribution in [3.8, 4) is 11.5 Å². The summed E-state index contributed by atoms with van der Waals surface area (Å²) in [7, 11) is 2.38. The van der Waals surface area contributed by atoms with Gasteiger partial charge in [-0.05, 0) is 18.2 Å². The van der Waals surface area contributed by atoms with Crippen LogP contribution in [0.15, 0.2) is 42.5 Å². The summed E-state index contributed by atoms with van der Waals surface area (Å²) in [6.45, 7) is -0.617. The zero-order valence-electron chi connectivity index (χ0n) is 19.4. The number of amides is 1. The lowest BCUT2D eigenvalue weighted by Crippen LogP contribution is -2.69. The van der Waals surface area contributed by atoms with E-state index in [-0.39, 0.29) is 23.1 Å². The van der Waals surface area contributed by atoms with E-state index in [1.165, 1.54) is 32.4 Å². The van der Waals surface area contributed by atoms with Gasteiger partial charge in [0.05, 0.1) is 26.3 Å². The van der Waals surface area contributed by atoms with Gasteiger partial charge in [0, 0.05) is 11.1 Å². The SMILES string of the molecule is COc1cccc(OC)c1CNC(=O)c1ccccc1C(F)(F)C(F)(F)C(F)(F)C(F)(F)C(F)(F)C(F)(F)F. The molecule has 0 aliphatic heterocycles. The first-order chi connectivity index (χ1) is 17.6. The van der Waals surface area contributed by atoms with Crippen LogP contribution in [0.1, 0.15) is 21.5 Å². The van der Waals surface area contributed by atoms with Gasteiger partial charge in [-0.3, -0.25) is 4.79 Å². The number of hydrogen-bond acceptors (Lipinski definition) is 3. The highest BCUT2D eigenvalue weighted by Crippen LogP contribution is 2.62. The monoisotopic (exact) mass is 589 g/mol. The summed E-state index contributed by atoms with van der Waals surface area (Å²) in [5.74, 6) is -39.6. The Kier molecular flexibility index (Phi) is 8.40. The summed E-state index contributed by atoms with van der Waals surface area (Å²) in [5.41, 5.74) is -3.81. The van der Waals surface area contributed by atoms with Crippen LogP contribution in [0.3, 0.4) is 0 Å². The number of rotatable bonds is 10. The van der Waals surface area contributed by atoms with Crippen LogP contribution < -0.4 is 14.8 Å². The van der Waals surface area contributed by atoms with E-state index in [9.17, 15) is 61.9 Å². The molecule has 17 heteroatoms. The second-order valence-electron chi connectivity index (χ2n) is 7.74. The van der Waals surface area contributed by atoms with Crippen LogP contribution in [0.4, 0.5) is 57.1 Å². The molecule has 0 saturated heterocycles. The van der Waals surface area contributed by atoms with Crippen molar-refractivity contribution < 1.29 is 71.3 Å². The molecule has 39 heavy (non-hydrogen) atoms. The molecular formula is C22H16F13NO3.